The normalized spacial score (nSPS) is 20.6. The van der Waals surface area contributed by atoms with Gasteiger partial charge in [0.2, 0.25) is 0 Å². The van der Waals surface area contributed by atoms with Gasteiger partial charge in [0.05, 0.1) is 0 Å². The molecule has 0 saturated carbocycles. The van der Waals surface area contributed by atoms with Crippen molar-refractivity contribution in [3.05, 3.63) is 0 Å². The lowest BCUT2D eigenvalue weighted by atomic mass is 9.78. The largest absolute Gasteiger partial charge is 0.421 e. The van der Waals surface area contributed by atoms with Gasteiger partial charge < -0.3 is 9.47 Å². The molecule has 0 radical (unpaired) electrons. The molecule has 1 heterocycles. The summed E-state index contributed by atoms with van der Waals surface area (Å²) in [5.74, 6) is 0. The van der Waals surface area contributed by atoms with E-state index in [1.165, 1.54) is 12.7 Å². The summed E-state index contributed by atoms with van der Waals surface area (Å²) in [7, 11) is 4.50. The van der Waals surface area contributed by atoms with Gasteiger partial charge in [-0.15, -0.1) is 0 Å². The lowest BCUT2D eigenvalue weighted by Crippen LogP contribution is -2.31. The van der Waals surface area contributed by atoms with Gasteiger partial charge in [-0.25, -0.2) is 0 Å². The Morgan fingerprint density at radius 2 is 2.25 bits per heavy atom. The van der Waals surface area contributed by atoms with E-state index in [2.05, 4.69) is 18.9 Å². The first-order chi connectivity index (χ1) is 3.80. The van der Waals surface area contributed by atoms with Gasteiger partial charge in [0.15, 0.2) is 0 Å². The Bertz CT molecular complexity index is 70.8. The molecule has 8 heavy (non-hydrogen) atoms. The summed E-state index contributed by atoms with van der Waals surface area (Å²) in [4.78, 5) is 2.12. The van der Waals surface area contributed by atoms with Crippen LogP contribution < -0.4 is 0 Å². The Hall–Kier alpha value is -0.0151. The highest BCUT2D eigenvalue weighted by atomic mass is 16.4. The Kier molecular flexibility index (Phi) is 1.92. The third-order valence-corrected chi connectivity index (χ3v) is 1.48. The molecule has 0 amide bonds. The lowest BCUT2D eigenvalue weighted by Gasteiger charge is -2.11. The lowest BCUT2D eigenvalue weighted by molar-refractivity contribution is 0.326. The fourth-order valence-electron chi connectivity index (χ4n) is 0.968. The van der Waals surface area contributed by atoms with Gasteiger partial charge in [-0.1, -0.05) is 0 Å². The minimum absolute atomic E-state index is 0.398. The number of rotatable bonds is 1. The van der Waals surface area contributed by atoms with Crippen molar-refractivity contribution in [1.82, 2.24) is 4.81 Å². The van der Waals surface area contributed by atoms with Gasteiger partial charge in [0.25, 0.3) is 0 Å². The summed E-state index contributed by atoms with van der Waals surface area (Å²) < 4.78 is 5.34. The molecule has 0 aliphatic carbocycles. The zero-order chi connectivity index (χ0) is 5.98. The van der Waals surface area contributed by atoms with Crippen LogP contribution in [0.1, 0.15) is 6.42 Å². The van der Waals surface area contributed by atoms with Crippen LogP contribution in [0.4, 0.5) is 0 Å². The molecule has 0 aromatic carbocycles. The minimum atomic E-state index is 0.398. The summed E-state index contributed by atoms with van der Waals surface area (Å²) in [6.45, 7) is 0.947. The van der Waals surface area contributed by atoms with Crippen LogP contribution >= 0.6 is 0 Å². The van der Waals surface area contributed by atoms with Crippen molar-refractivity contribution in [2.75, 3.05) is 20.7 Å². The van der Waals surface area contributed by atoms with Crippen molar-refractivity contribution in [3.8, 4) is 0 Å². The summed E-state index contributed by atoms with van der Waals surface area (Å²) in [6.07, 6.45) is 2.43. The second-order valence-electron chi connectivity index (χ2n) is 2.43. The van der Waals surface area contributed by atoms with E-state index >= 15 is 0 Å². The Morgan fingerprint density at radius 1 is 1.50 bits per heavy atom. The average molecular weight is 113 g/mol. The van der Waals surface area contributed by atoms with Gasteiger partial charge in [0, 0.05) is 6.61 Å². The summed E-state index contributed by atoms with van der Waals surface area (Å²) in [6, 6.07) is 0. The van der Waals surface area contributed by atoms with Crippen molar-refractivity contribution in [3.63, 3.8) is 0 Å². The molecule has 0 atom stereocenters. The zero-order valence-corrected chi connectivity index (χ0v) is 5.55. The predicted molar refractivity (Wildman–Crippen MR) is 34.8 cm³/mol. The average Bonchev–Trinajstić information content (AvgIpc) is 2.12. The molecule has 0 unspecified atom stereocenters. The SMILES string of the molecule is CN(C)B1CCCO1. The molecule has 1 aliphatic heterocycles. The molecule has 3 heteroatoms. The van der Waals surface area contributed by atoms with Gasteiger partial charge in [-0.2, -0.15) is 0 Å². The Balaban J connectivity index is 2.24. The van der Waals surface area contributed by atoms with Crippen molar-refractivity contribution in [2.45, 2.75) is 12.7 Å². The molecule has 0 bridgehead atoms. The van der Waals surface area contributed by atoms with E-state index in [0.717, 1.165) is 6.61 Å². The van der Waals surface area contributed by atoms with Crippen molar-refractivity contribution < 1.29 is 4.65 Å². The first-order valence-corrected chi connectivity index (χ1v) is 3.09. The minimum Gasteiger partial charge on any atom is -0.421 e. The van der Waals surface area contributed by atoms with Gasteiger partial charge in [-0.3, -0.25) is 0 Å². The number of hydrogen-bond acceptors (Lipinski definition) is 2. The van der Waals surface area contributed by atoms with Crippen LogP contribution in [-0.2, 0) is 4.65 Å². The number of nitrogens with zero attached hydrogens (tertiary/aromatic N) is 1. The van der Waals surface area contributed by atoms with E-state index in [9.17, 15) is 0 Å². The monoisotopic (exact) mass is 113 g/mol. The van der Waals surface area contributed by atoms with Crippen LogP contribution in [0.3, 0.4) is 0 Å². The second-order valence-corrected chi connectivity index (χ2v) is 2.43. The molecule has 0 aromatic heterocycles. The van der Waals surface area contributed by atoms with Crippen molar-refractivity contribution in [1.29, 1.82) is 0 Å². The van der Waals surface area contributed by atoms with Crippen LogP contribution in [0.5, 0.6) is 0 Å². The fraction of sp³-hybridized carbons (Fsp3) is 1.00. The molecule has 0 aromatic rings. The second kappa shape index (κ2) is 2.51. The molecular weight excluding hydrogens is 101 g/mol. The molecule has 1 rings (SSSR count). The molecule has 0 N–H and O–H groups in total. The van der Waals surface area contributed by atoms with Crippen LogP contribution in [-0.4, -0.2) is 32.6 Å². The van der Waals surface area contributed by atoms with Crippen LogP contribution in [0.25, 0.3) is 0 Å². The molecule has 1 saturated heterocycles. The quantitative estimate of drug-likeness (QED) is 0.458. The highest BCUT2D eigenvalue weighted by Gasteiger charge is 2.23. The van der Waals surface area contributed by atoms with E-state index < -0.39 is 0 Å². The van der Waals surface area contributed by atoms with E-state index in [1.807, 2.05) is 0 Å². The molecule has 1 aliphatic rings. The van der Waals surface area contributed by atoms with E-state index in [0.29, 0.717) is 7.05 Å². The first-order valence-electron chi connectivity index (χ1n) is 3.09. The highest BCUT2D eigenvalue weighted by molar-refractivity contribution is 6.49. The van der Waals surface area contributed by atoms with Crippen LogP contribution in [0, 0.1) is 0 Å². The Morgan fingerprint density at radius 3 is 2.50 bits per heavy atom. The van der Waals surface area contributed by atoms with Gasteiger partial charge in [-0.05, 0) is 26.8 Å². The van der Waals surface area contributed by atoms with E-state index in [-0.39, 0.29) is 0 Å². The third-order valence-electron chi connectivity index (χ3n) is 1.48. The molecular formula is C5H12BNO. The smallest absolute Gasteiger partial charge is 0.382 e. The van der Waals surface area contributed by atoms with E-state index in [4.69, 9.17) is 4.65 Å². The third kappa shape index (κ3) is 1.23. The zero-order valence-electron chi connectivity index (χ0n) is 5.55. The maximum atomic E-state index is 5.34. The van der Waals surface area contributed by atoms with Crippen LogP contribution in [0.15, 0.2) is 0 Å². The summed E-state index contributed by atoms with van der Waals surface area (Å²) in [5, 5.41) is 0. The summed E-state index contributed by atoms with van der Waals surface area (Å²) >= 11 is 0. The van der Waals surface area contributed by atoms with Crippen molar-refractivity contribution >= 4 is 7.05 Å². The predicted octanol–water partition coefficient (Wildman–Crippen LogP) is 0.456. The maximum Gasteiger partial charge on any atom is 0.382 e. The van der Waals surface area contributed by atoms with Gasteiger partial charge >= 0.3 is 7.05 Å². The summed E-state index contributed by atoms with van der Waals surface area (Å²) in [5.41, 5.74) is 0. The van der Waals surface area contributed by atoms with Crippen molar-refractivity contribution in [2.24, 2.45) is 0 Å². The maximum absolute atomic E-state index is 5.34. The first kappa shape index (κ1) is 6.11. The standard InChI is InChI=1S/C5H12BNO/c1-7(2)6-4-3-5-8-6/h3-5H2,1-2H3. The highest BCUT2D eigenvalue weighted by Crippen LogP contribution is 2.10. The topological polar surface area (TPSA) is 12.5 Å². The number of hydrogen-bond donors (Lipinski definition) is 0. The molecule has 0 spiro atoms. The molecule has 2 nitrogen and oxygen atoms in total. The Labute approximate surface area is 50.9 Å². The van der Waals surface area contributed by atoms with E-state index in [1.54, 1.807) is 0 Å². The fourth-order valence-corrected chi connectivity index (χ4v) is 0.968. The molecule has 46 valence electrons. The molecule has 1 fully saturated rings. The van der Waals surface area contributed by atoms with Crippen LogP contribution in [0.2, 0.25) is 6.32 Å². The van der Waals surface area contributed by atoms with Gasteiger partial charge in [0.1, 0.15) is 0 Å².